The fourth-order valence-corrected chi connectivity index (χ4v) is 1.73. The van der Waals surface area contributed by atoms with Crippen molar-refractivity contribution >= 4 is 21.6 Å². The number of nitrogens with zero attached hydrogens (tertiary/aromatic N) is 2. The Morgan fingerprint density at radius 2 is 2.47 bits per heavy atom. The molecule has 6 heteroatoms. The number of rotatable bonds is 7. The minimum atomic E-state index is -0.165. The van der Waals surface area contributed by atoms with E-state index in [4.69, 9.17) is 4.74 Å². The van der Waals surface area contributed by atoms with Gasteiger partial charge in [0.05, 0.1) is 18.4 Å². The highest BCUT2D eigenvalue weighted by molar-refractivity contribution is 9.10. The highest BCUT2D eigenvalue weighted by atomic mass is 79.9. The molecule has 0 radical (unpaired) electrons. The van der Waals surface area contributed by atoms with E-state index in [1.165, 1.54) is 4.68 Å². The Kier molecular flexibility index (Phi) is 5.93. The van der Waals surface area contributed by atoms with Crippen molar-refractivity contribution in [1.82, 2.24) is 9.78 Å². The molecular weight excluding hydrogens is 286 g/mol. The smallest absolute Gasteiger partial charge is 0.283 e. The molecule has 0 amide bonds. The monoisotopic (exact) mass is 301 g/mol. The van der Waals surface area contributed by atoms with Gasteiger partial charge in [-0.05, 0) is 22.4 Å². The molecule has 0 atom stereocenters. The first-order valence-electron chi connectivity index (χ1n) is 5.30. The van der Waals surface area contributed by atoms with Gasteiger partial charge in [-0.25, -0.2) is 4.68 Å². The predicted molar refractivity (Wildman–Crippen MR) is 71.4 cm³/mol. The lowest BCUT2D eigenvalue weighted by Crippen LogP contribution is -2.24. The SMILES string of the molecule is C=CCn1ncc(NCCCOC)c(Br)c1=O. The van der Waals surface area contributed by atoms with Crippen LogP contribution in [0.15, 0.2) is 28.1 Å². The second-order valence-corrected chi connectivity index (χ2v) is 4.21. The molecule has 0 fully saturated rings. The first-order valence-corrected chi connectivity index (χ1v) is 6.09. The molecule has 1 rings (SSSR count). The maximum Gasteiger partial charge on any atom is 0.283 e. The fourth-order valence-electron chi connectivity index (χ4n) is 1.28. The van der Waals surface area contributed by atoms with Gasteiger partial charge in [0.15, 0.2) is 0 Å². The van der Waals surface area contributed by atoms with Gasteiger partial charge >= 0.3 is 0 Å². The number of ether oxygens (including phenoxy) is 1. The van der Waals surface area contributed by atoms with Crippen LogP contribution >= 0.6 is 15.9 Å². The Morgan fingerprint density at radius 1 is 1.71 bits per heavy atom. The molecule has 0 aliphatic heterocycles. The van der Waals surface area contributed by atoms with E-state index in [1.807, 2.05) is 0 Å². The molecular formula is C11H16BrN3O2. The van der Waals surface area contributed by atoms with Gasteiger partial charge in [0.2, 0.25) is 0 Å². The summed E-state index contributed by atoms with van der Waals surface area (Å²) in [7, 11) is 1.66. The quantitative estimate of drug-likeness (QED) is 0.614. The second-order valence-electron chi connectivity index (χ2n) is 3.42. The van der Waals surface area contributed by atoms with Gasteiger partial charge in [0, 0.05) is 20.3 Å². The summed E-state index contributed by atoms with van der Waals surface area (Å²) < 4.78 is 6.78. The molecule has 0 aliphatic carbocycles. The van der Waals surface area contributed by atoms with Crippen LogP contribution in [0.25, 0.3) is 0 Å². The number of allylic oxidation sites excluding steroid dienone is 1. The van der Waals surface area contributed by atoms with Gasteiger partial charge in [-0.15, -0.1) is 6.58 Å². The average Bonchev–Trinajstić information content (AvgIpc) is 2.33. The van der Waals surface area contributed by atoms with Crippen LogP contribution in [0.4, 0.5) is 5.69 Å². The van der Waals surface area contributed by atoms with Crippen molar-refractivity contribution in [3.05, 3.63) is 33.7 Å². The van der Waals surface area contributed by atoms with E-state index in [9.17, 15) is 4.79 Å². The number of halogens is 1. The van der Waals surface area contributed by atoms with Crippen LogP contribution in [-0.2, 0) is 11.3 Å². The van der Waals surface area contributed by atoms with Crippen LogP contribution < -0.4 is 10.9 Å². The first-order chi connectivity index (χ1) is 8.20. The minimum Gasteiger partial charge on any atom is -0.385 e. The largest absolute Gasteiger partial charge is 0.385 e. The van der Waals surface area contributed by atoms with Crippen LogP contribution in [0, 0.1) is 0 Å². The van der Waals surface area contributed by atoms with Crippen LogP contribution in [-0.4, -0.2) is 30.0 Å². The van der Waals surface area contributed by atoms with Crippen LogP contribution in [0.1, 0.15) is 6.42 Å². The maximum absolute atomic E-state index is 11.8. The number of hydrogen-bond acceptors (Lipinski definition) is 4. The lowest BCUT2D eigenvalue weighted by atomic mass is 10.4. The molecule has 1 heterocycles. The summed E-state index contributed by atoms with van der Waals surface area (Å²) >= 11 is 3.27. The fraction of sp³-hybridized carbons (Fsp3) is 0.455. The van der Waals surface area contributed by atoms with Crippen LogP contribution in [0.2, 0.25) is 0 Å². The third-order valence-electron chi connectivity index (χ3n) is 2.13. The van der Waals surface area contributed by atoms with Crippen molar-refractivity contribution in [3.8, 4) is 0 Å². The topological polar surface area (TPSA) is 56.1 Å². The number of hydrogen-bond donors (Lipinski definition) is 1. The molecule has 0 unspecified atom stereocenters. The first kappa shape index (κ1) is 13.9. The number of methoxy groups -OCH3 is 1. The standard InChI is InChI=1S/C11H16BrN3O2/c1-3-6-15-11(16)10(12)9(8-14-15)13-5-4-7-17-2/h3,8,13H,1,4-7H2,2H3. The highest BCUT2D eigenvalue weighted by Gasteiger charge is 2.07. The Bertz CT molecular complexity index is 431. The molecule has 0 bridgehead atoms. The van der Waals surface area contributed by atoms with Gasteiger partial charge in [-0.1, -0.05) is 6.08 Å². The molecule has 0 aliphatic rings. The van der Waals surface area contributed by atoms with Crippen molar-refractivity contribution in [2.45, 2.75) is 13.0 Å². The summed E-state index contributed by atoms with van der Waals surface area (Å²) in [5.74, 6) is 0. The van der Waals surface area contributed by atoms with E-state index in [2.05, 4.69) is 32.9 Å². The van der Waals surface area contributed by atoms with Crippen molar-refractivity contribution in [3.63, 3.8) is 0 Å². The summed E-state index contributed by atoms with van der Waals surface area (Å²) in [6, 6.07) is 0. The molecule has 0 saturated heterocycles. The van der Waals surface area contributed by atoms with Gasteiger partial charge in [-0.3, -0.25) is 4.79 Å². The zero-order chi connectivity index (χ0) is 12.7. The molecule has 0 aromatic carbocycles. The number of anilines is 1. The molecule has 0 spiro atoms. The van der Waals surface area contributed by atoms with Crippen LogP contribution in [0.5, 0.6) is 0 Å². The number of nitrogens with one attached hydrogen (secondary N) is 1. The molecule has 1 N–H and O–H groups in total. The second kappa shape index (κ2) is 7.24. The van der Waals surface area contributed by atoms with E-state index in [0.29, 0.717) is 23.3 Å². The summed E-state index contributed by atoms with van der Waals surface area (Å²) in [5.41, 5.74) is 0.535. The molecule has 5 nitrogen and oxygen atoms in total. The summed E-state index contributed by atoms with van der Waals surface area (Å²) in [4.78, 5) is 11.8. The highest BCUT2D eigenvalue weighted by Crippen LogP contribution is 2.15. The normalized spacial score (nSPS) is 10.2. The van der Waals surface area contributed by atoms with Crippen molar-refractivity contribution in [1.29, 1.82) is 0 Å². The Morgan fingerprint density at radius 3 is 3.12 bits per heavy atom. The summed E-state index contributed by atoms with van der Waals surface area (Å²) in [5, 5.41) is 7.17. The molecule has 1 aromatic heterocycles. The van der Waals surface area contributed by atoms with Gasteiger partial charge < -0.3 is 10.1 Å². The maximum atomic E-state index is 11.8. The van der Waals surface area contributed by atoms with Crippen LogP contribution in [0.3, 0.4) is 0 Å². The molecule has 1 aromatic rings. The average molecular weight is 302 g/mol. The third kappa shape index (κ3) is 3.98. The predicted octanol–water partition coefficient (Wildman–Crippen LogP) is 1.64. The zero-order valence-corrected chi connectivity index (χ0v) is 11.4. The third-order valence-corrected chi connectivity index (χ3v) is 2.89. The Balaban J connectivity index is 2.71. The van der Waals surface area contributed by atoms with Gasteiger partial charge in [0.25, 0.3) is 5.56 Å². The van der Waals surface area contributed by atoms with Gasteiger partial charge in [-0.2, -0.15) is 5.10 Å². The van der Waals surface area contributed by atoms with E-state index in [-0.39, 0.29) is 5.56 Å². The Labute approximate surface area is 109 Å². The van der Waals surface area contributed by atoms with Crippen molar-refractivity contribution < 1.29 is 4.74 Å². The summed E-state index contributed by atoms with van der Waals surface area (Å²) in [6.45, 7) is 5.40. The molecule has 17 heavy (non-hydrogen) atoms. The number of aromatic nitrogens is 2. The van der Waals surface area contributed by atoms with E-state index >= 15 is 0 Å². The lowest BCUT2D eigenvalue weighted by Gasteiger charge is -2.09. The minimum absolute atomic E-state index is 0.165. The van der Waals surface area contributed by atoms with Gasteiger partial charge in [0.1, 0.15) is 4.47 Å². The Hall–Kier alpha value is -1.14. The van der Waals surface area contributed by atoms with Crippen molar-refractivity contribution in [2.75, 3.05) is 25.6 Å². The van der Waals surface area contributed by atoms with Crippen molar-refractivity contribution in [2.24, 2.45) is 0 Å². The molecule has 94 valence electrons. The molecule has 0 saturated carbocycles. The zero-order valence-electron chi connectivity index (χ0n) is 9.78. The summed E-state index contributed by atoms with van der Waals surface area (Å²) in [6.07, 6.45) is 4.13. The lowest BCUT2D eigenvalue weighted by molar-refractivity contribution is 0.198. The van der Waals surface area contributed by atoms with E-state index < -0.39 is 0 Å². The van der Waals surface area contributed by atoms with E-state index in [1.54, 1.807) is 19.4 Å². The van der Waals surface area contributed by atoms with E-state index in [0.717, 1.165) is 13.0 Å².